The number of rotatable bonds is 12. The number of carbonyl (C=O) groups is 1. The highest BCUT2D eigenvalue weighted by Gasteiger charge is 2.22. The minimum atomic E-state index is 0. The fraction of sp³-hybridized carbons (Fsp3) is 0.371. The molecule has 0 aliphatic rings. The summed E-state index contributed by atoms with van der Waals surface area (Å²) in [7, 11) is 8.44. The molecule has 0 spiro atoms. The number of nitrogens with one attached hydrogen (secondary N) is 1. The lowest BCUT2D eigenvalue weighted by atomic mass is 10.00. The van der Waals surface area contributed by atoms with Crippen molar-refractivity contribution in [3.05, 3.63) is 72.8 Å². The van der Waals surface area contributed by atoms with Crippen molar-refractivity contribution < 1.29 is 26.3 Å². The lowest BCUT2D eigenvalue weighted by Gasteiger charge is -2.29. The van der Waals surface area contributed by atoms with Gasteiger partial charge >= 0.3 is 0 Å². The van der Waals surface area contributed by atoms with E-state index in [1.165, 1.54) is 32.7 Å². The van der Waals surface area contributed by atoms with Crippen LogP contribution in [0.1, 0.15) is 32.6 Å². The number of carbonyl (C=O) groups excluding carboxylic acids is 1. The van der Waals surface area contributed by atoms with Crippen LogP contribution in [0.15, 0.2) is 72.8 Å². The van der Waals surface area contributed by atoms with Crippen molar-refractivity contribution in [2.75, 3.05) is 52.7 Å². The molecule has 1 aromatic heterocycles. The Morgan fingerprint density at radius 1 is 0.857 bits per heavy atom. The summed E-state index contributed by atoms with van der Waals surface area (Å²) < 4.78 is 3.07. The number of nitrogens with zero attached hydrogens (tertiary/aromatic N) is 4. The maximum atomic E-state index is 12.6. The van der Waals surface area contributed by atoms with Crippen molar-refractivity contribution in [3.8, 4) is 11.4 Å². The van der Waals surface area contributed by atoms with Gasteiger partial charge < -0.3 is 36.2 Å². The van der Waals surface area contributed by atoms with E-state index >= 15 is 0 Å². The zero-order valence-electron chi connectivity index (χ0n) is 25.7. The minimum absolute atomic E-state index is 0. The number of imidazole rings is 1. The Kier molecular flexibility index (Phi) is 10.3. The maximum Gasteiger partial charge on any atom is 0.275 e. The standard InChI is InChI=1S/C35H43N5O.BrH/c1-6-7-12-22-36-32(41)25-40(4,5)24-13-23-39-34-31-17-11-9-15-29(31)28-14-8-10-16-30(28)33(34)37-35(39)26-18-20-27(21-19-26)38(2)3;/h8-11,14-21H,6-7,12-13,22-25H2,1-5H3;1H. The Morgan fingerprint density at radius 2 is 1.48 bits per heavy atom. The van der Waals surface area contributed by atoms with Crippen LogP contribution in [-0.2, 0) is 11.3 Å². The van der Waals surface area contributed by atoms with E-state index in [2.05, 4.69) is 123 Å². The van der Waals surface area contributed by atoms with Crippen LogP contribution in [0, 0.1) is 0 Å². The molecule has 0 atom stereocenters. The van der Waals surface area contributed by atoms with Crippen LogP contribution < -0.4 is 27.2 Å². The van der Waals surface area contributed by atoms with Crippen LogP contribution in [0.5, 0.6) is 0 Å². The highest BCUT2D eigenvalue weighted by Crippen LogP contribution is 2.37. The van der Waals surface area contributed by atoms with E-state index in [9.17, 15) is 4.79 Å². The van der Waals surface area contributed by atoms with E-state index in [-0.39, 0.29) is 22.9 Å². The quantitative estimate of drug-likeness (QED) is 0.130. The molecule has 4 aromatic carbocycles. The van der Waals surface area contributed by atoms with Crippen LogP contribution in [0.3, 0.4) is 0 Å². The molecule has 5 rings (SSSR count). The summed E-state index contributed by atoms with van der Waals surface area (Å²) in [5, 5.41) is 8.00. The Morgan fingerprint density at radius 3 is 2.12 bits per heavy atom. The third-order valence-electron chi connectivity index (χ3n) is 8.08. The average Bonchev–Trinajstić information content (AvgIpc) is 3.35. The smallest absolute Gasteiger partial charge is 0.275 e. The average molecular weight is 631 g/mol. The molecule has 7 heteroatoms. The van der Waals surface area contributed by atoms with Crippen LogP contribution in [0.2, 0.25) is 0 Å². The van der Waals surface area contributed by atoms with Crippen LogP contribution in [0.25, 0.3) is 44.0 Å². The number of benzene rings is 4. The summed E-state index contributed by atoms with van der Waals surface area (Å²) in [6, 6.07) is 26.0. The lowest BCUT2D eigenvalue weighted by Crippen LogP contribution is -3.00. The highest BCUT2D eigenvalue weighted by molar-refractivity contribution is 6.23. The molecule has 1 heterocycles. The first-order valence-electron chi connectivity index (χ1n) is 14.9. The van der Waals surface area contributed by atoms with Crippen molar-refractivity contribution in [1.82, 2.24) is 14.9 Å². The zero-order valence-corrected chi connectivity index (χ0v) is 27.2. The first-order valence-corrected chi connectivity index (χ1v) is 14.9. The highest BCUT2D eigenvalue weighted by atomic mass is 79.9. The topological polar surface area (TPSA) is 50.2 Å². The summed E-state index contributed by atoms with van der Waals surface area (Å²) in [4.78, 5) is 20.1. The van der Waals surface area contributed by atoms with E-state index in [4.69, 9.17) is 4.98 Å². The number of halogens is 1. The predicted octanol–water partition coefficient (Wildman–Crippen LogP) is 3.85. The Balaban J connectivity index is 0.00000405. The van der Waals surface area contributed by atoms with Crippen molar-refractivity contribution in [1.29, 1.82) is 0 Å². The van der Waals surface area contributed by atoms with Crippen molar-refractivity contribution in [2.24, 2.45) is 0 Å². The number of hydrogen-bond acceptors (Lipinski definition) is 3. The third-order valence-corrected chi connectivity index (χ3v) is 8.08. The molecule has 42 heavy (non-hydrogen) atoms. The van der Waals surface area contributed by atoms with Gasteiger partial charge in [-0.3, -0.25) is 4.79 Å². The zero-order chi connectivity index (χ0) is 29.0. The molecular weight excluding hydrogens is 586 g/mol. The molecule has 5 aromatic rings. The maximum absolute atomic E-state index is 12.6. The van der Waals surface area contributed by atoms with Gasteiger partial charge in [0.1, 0.15) is 5.82 Å². The van der Waals surface area contributed by atoms with Crippen LogP contribution in [0.4, 0.5) is 5.69 Å². The van der Waals surface area contributed by atoms with Gasteiger partial charge in [0, 0.05) is 55.6 Å². The molecule has 0 aliphatic carbocycles. The van der Waals surface area contributed by atoms with Crippen LogP contribution >= 0.6 is 0 Å². The van der Waals surface area contributed by atoms with Gasteiger partial charge in [0.15, 0.2) is 6.54 Å². The SMILES string of the molecule is CCCCCNC(=O)C[N+](C)(C)CCCn1c(-c2ccc(N(C)C)cc2)nc2c3ccccc3c3ccccc3c21.[Br-]. The molecule has 0 aliphatic heterocycles. The van der Waals surface area contributed by atoms with Gasteiger partial charge in [-0.25, -0.2) is 4.98 Å². The first kappa shape index (κ1) is 31.5. The summed E-state index contributed by atoms with van der Waals surface area (Å²) in [6.07, 6.45) is 4.30. The first-order chi connectivity index (χ1) is 19.8. The van der Waals surface area contributed by atoms with E-state index < -0.39 is 0 Å². The number of unbranched alkanes of at least 4 members (excludes halogenated alkanes) is 2. The monoisotopic (exact) mass is 629 g/mol. The van der Waals surface area contributed by atoms with Crippen molar-refractivity contribution >= 4 is 44.2 Å². The van der Waals surface area contributed by atoms with E-state index in [0.717, 1.165) is 62.2 Å². The molecule has 1 N–H and O–H groups in total. The fourth-order valence-corrected chi connectivity index (χ4v) is 5.89. The summed E-state index contributed by atoms with van der Waals surface area (Å²) in [5.41, 5.74) is 4.51. The normalized spacial score (nSPS) is 11.6. The lowest BCUT2D eigenvalue weighted by molar-refractivity contribution is -0.882. The number of amides is 1. The van der Waals surface area contributed by atoms with Gasteiger partial charge in [0.05, 0.1) is 31.7 Å². The molecule has 1 amide bonds. The number of hydrogen-bond donors (Lipinski definition) is 1. The van der Waals surface area contributed by atoms with Gasteiger partial charge in [-0.1, -0.05) is 68.3 Å². The van der Waals surface area contributed by atoms with E-state index in [0.29, 0.717) is 11.0 Å². The van der Waals surface area contributed by atoms with Gasteiger partial charge in [-0.2, -0.15) is 0 Å². The summed E-state index contributed by atoms with van der Waals surface area (Å²) in [5.74, 6) is 1.13. The number of likely N-dealkylation sites (N-methyl/N-ethyl adjacent to an activating group) is 1. The Bertz CT molecular complexity index is 1660. The molecule has 0 saturated carbocycles. The number of fused-ring (bicyclic) bond motifs is 6. The number of aromatic nitrogens is 2. The van der Waals surface area contributed by atoms with Gasteiger partial charge in [0.2, 0.25) is 0 Å². The molecular formula is C35H44BrN5O. The number of aryl methyl sites for hydroxylation is 1. The van der Waals surface area contributed by atoms with Gasteiger partial charge in [0.25, 0.3) is 5.91 Å². The second-order valence-electron chi connectivity index (χ2n) is 12.0. The number of anilines is 1. The molecule has 0 saturated heterocycles. The second kappa shape index (κ2) is 13.7. The van der Waals surface area contributed by atoms with E-state index in [1.807, 2.05) is 0 Å². The molecule has 222 valence electrons. The van der Waals surface area contributed by atoms with E-state index in [1.54, 1.807) is 0 Å². The van der Waals surface area contributed by atoms with Crippen molar-refractivity contribution in [2.45, 2.75) is 39.2 Å². The Hall–Kier alpha value is -3.42. The van der Waals surface area contributed by atoms with Gasteiger partial charge in [-0.05, 0) is 41.5 Å². The number of quaternary nitrogens is 1. The van der Waals surface area contributed by atoms with Crippen LogP contribution in [-0.4, -0.2) is 67.8 Å². The Labute approximate surface area is 260 Å². The predicted molar refractivity (Wildman–Crippen MR) is 174 cm³/mol. The molecule has 6 nitrogen and oxygen atoms in total. The summed E-state index contributed by atoms with van der Waals surface area (Å²) >= 11 is 0. The summed E-state index contributed by atoms with van der Waals surface area (Å²) in [6.45, 7) is 5.16. The third kappa shape index (κ3) is 6.79. The molecule has 0 fully saturated rings. The van der Waals surface area contributed by atoms with Gasteiger partial charge in [-0.15, -0.1) is 0 Å². The fourth-order valence-electron chi connectivity index (χ4n) is 5.89. The largest absolute Gasteiger partial charge is 1.00 e. The van der Waals surface area contributed by atoms with Crippen molar-refractivity contribution in [3.63, 3.8) is 0 Å². The molecule has 0 bridgehead atoms. The second-order valence-corrected chi connectivity index (χ2v) is 12.0. The molecule has 0 unspecified atom stereocenters. The minimum Gasteiger partial charge on any atom is -1.00 e. The molecule has 0 radical (unpaired) electrons.